The Kier molecular flexibility index (Phi) is 4.07. The van der Waals surface area contributed by atoms with Crippen LogP contribution in [-0.4, -0.2) is 22.3 Å². The molecule has 17 heavy (non-hydrogen) atoms. The lowest BCUT2D eigenvalue weighted by atomic mass is 10.0. The van der Waals surface area contributed by atoms with E-state index in [0.29, 0.717) is 6.54 Å². The van der Waals surface area contributed by atoms with Gasteiger partial charge in [0.15, 0.2) is 4.90 Å². The van der Waals surface area contributed by atoms with Crippen LogP contribution in [0.2, 0.25) is 0 Å². The highest BCUT2D eigenvalue weighted by Crippen LogP contribution is 2.27. The molecule has 92 valence electrons. The van der Waals surface area contributed by atoms with Crippen LogP contribution in [0.5, 0.6) is 0 Å². The summed E-state index contributed by atoms with van der Waals surface area (Å²) in [7, 11) is 0. The Balaban J connectivity index is 2.16. The van der Waals surface area contributed by atoms with Gasteiger partial charge in [0.1, 0.15) is 0 Å². The molecule has 3 nitrogen and oxygen atoms in total. The van der Waals surface area contributed by atoms with E-state index in [1.54, 1.807) is 0 Å². The van der Waals surface area contributed by atoms with Gasteiger partial charge in [-0.2, -0.15) is 0 Å². The third-order valence-electron chi connectivity index (χ3n) is 3.09. The fourth-order valence-corrected chi connectivity index (χ4v) is 3.83. The van der Waals surface area contributed by atoms with Crippen LogP contribution < -0.4 is 5.32 Å². The normalized spacial score (nSPS) is 25.6. The predicted molar refractivity (Wildman–Crippen MR) is 68.0 cm³/mol. The molecule has 2 rings (SSSR count). The SMILES string of the molecule is CCCC1CNC(=O)C1[S+]([O-])c1ccccc1. The topological polar surface area (TPSA) is 52.2 Å². The van der Waals surface area contributed by atoms with Gasteiger partial charge in [-0.05, 0) is 29.7 Å². The molecule has 1 aromatic rings. The lowest BCUT2D eigenvalue weighted by Gasteiger charge is -2.20. The first kappa shape index (κ1) is 12.5. The fourth-order valence-electron chi connectivity index (χ4n) is 2.25. The first-order chi connectivity index (χ1) is 8.24. The molecule has 1 amide bonds. The van der Waals surface area contributed by atoms with E-state index >= 15 is 0 Å². The van der Waals surface area contributed by atoms with Gasteiger partial charge in [0, 0.05) is 12.5 Å². The molecule has 1 heterocycles. The van der Waals surface area contributed by atoms with Gasteiger partial charge in [-0.15, -0.1) is 0 Å². The van der Waals surface area contributed by atoms with Gasteiger partial charge < -0.3 is 9.87 Å². The maximum Gasteiger partial charge on any atom is 0.273 e. The van der Waals surface area contributed by atoms with Crippen LogP contribution >= 0.6 is 0 Å². The molecule has 1 fully saturated rings. The van der Waals surface area contributed by atoms with Gasteiger partial charge in [0.2, 0.25) is 5.25 Å². The summed E-state index contributed by atoms with van der Waals surface area (Å²) in [6.07, 6.45) is 1.96. The fraction of sp³-hybridized carbons (Fsp3) is 0.462. The molecule has 0 radical (unpaired) electrons. The van der Waals surface area contributed by atoms with Crippen molar-refractivity contribution in [3.05, 3.63) is 30.3 Å². The first-order valence-corrected chi connectivity index (χ1v) is 7.18. The molecular weight excluding hydrogens is 234 g/mol. The summed E-state index contributed by atoms with van der Waals surface area (Å²) in [4.78, 5) is 12.5. The Morgan fingerprint density at radius 1 is 1.41 bits per heavy atom. The summed E-state index contributed by atoms with van der Waals surface area (Å²) in [6.45, 7) is 2.75. The van der Waals surface area contributed by atoms with Gasteiger partial charge >= 0.3 is 0 Å². The number of amides is 1. The van der Waals surface area contributed by atoms with E-state index in [0.717, 1.165) is 17.7 Å². The third-order valence-corrected chi connectivity index (χ3v) is 4.89. The molecule has 1 saturated heterocycles. The third kappa shape index (κ3) is 2.64. The van der Waals surface area contributed by atoms with E-state index in [2.05, 4.69) is 12.2 Å². The highest BCUT2D eigenvalue weighted by molar-refractivity contribution is 7.92. The van der Waals surface area contributed by atoms with Crippen molar-refractivity contribution >= 4 is 17.1 Å². The van der Waals surface area contributed by atoms with Gasteiger partial charge in [0.25, 0.3) is 5.91 Å². The van der Waals surface area contributed by atoms with Crippen molar-refractivity contribution in [1.29, 1.82) is 0 Å². The lowest BCUT2D eigenvalue weighted by Crippen LogP contribution is -2.34. The van der Waals surface area contributed by atoms with Crippen molar-refractivity contribution in [3.63, 3.8) is 0 Å². The second kappa shape index (κ2) is 5.56. The van der Waals surface area contributed by atoms with Crippen LogP contribution in [-0.2, 0) is 16.0 Å². The van der Waals surface area contributed by atoms with Gasteiger partial charge in [-0.3, -0.25) is 4.79 Å². The smallest absolute Gasteiger partial charge is 0.273 e. The molecule has 0 bridgehead atoms. The van der Waals surface area contributed by atoms with Crippen molar-refractivity contribution in [1.82, 2.24) is 5.32 Å². The van der Waals surface area contributed by atoms with Crippen molar-refractivity contribution in [2.45, 2.75) is 29.9 Å². The Hall–Kier alpha value is -1.00. The van der Waals surface area contributed by atoms with Crippen molar-refractivity contribution in [3.8, 4) is 0 Å². The van der Waals surface area contributed by atoms with Gasteiger partial charge in [-0.1, -0.05) is 31.5 Å². The lowest BCUT2D eigenvalue weighted by molar-refractivity contribution is -0.119. The largest absolute Gasteiger partial charge is 0.611 e. The van der Waals surface area contributed by atoms with Crippen LogP contribution in [0.3, 0.4) is 0 Å². The van der Waals surface area contributed by atoms with E-state index in [1.807, 2.05) is 30.3 Å². The summed E-state index contributed by atoms with van der Waals surface area (Å²) >= 11 is -1.23. The first-order valence-electron chi connectivity index (χ1n) is 5.97. The van der Waals surface area contributed by atoms with Crippen molar-refractivity contribution in [2.24, 2.45) is 5.92 Å². The predicted octanol–water partition coefficient (Wildman–Crippen LogP) is 1.71. The minimum atomic E-state index is -1.23. The molecule has 4 heteroatoms. The van der Waals surface area contributed by atoms with Crippen LogP contribution in [0.4, 0.5) is 0 Å². The zero-order valence-electron chi connectivity index (χ0n) is 9.89. The van der Waals surface area contributed by atoms with E-state index in [9.17, 15) is 9.35 Å². The molecule has 3 unspecified atom stereocenters. The monoisotopic (exact) mass is 251 g/mol. The molecule has 0 spiro atoms. The van der Waals surface area contributed by atoms with E-state index in [4.69, 9.17) is 0 Å². The maximum atomic E-state index is 12.4. The average Bonchev–Trinajstić information content (AvgIpc) is 2.71. The summed E-state index contributed by atoms with van der Waals surface area (Å²) in [5.74, 6) is 0.138. The van der Waals surface area contributed by atoms with Crippen molar-refractivity contribution in [2.75, 3.05) is 6.54 Å². The number of rotatable bonds is 4. The van der Waals surface area contributed by atoms with E-state index in [-0.39, 0.29) is 17.1 Å². The van der Waals surface area contributed by atoms with Crippen molar-refractivity contribution < 1.29 is 9.35 Å². The van der Waals surface area contributed by atoms with Gasteiger partial charge in [-0.25, -0.2) is 0 Å². The molecule has 1 aliphatic rings. The summed E-state index contributed by atoms with van der Waals surface area (Å²) in [5.41, 5.74) is 0. The van der Waals surface area contributed by atoms with Gasteiger partial charge in [0.05, 0.1) is 0 Å². The van der Waals surface area contributed by atoms with Crippen LogP contribution in [0.1, 0.15) is 19.8 Å². The molecule has 1 aromatic carbocycles. The minimum Gasteiger partial charge on any atom is -0.611 e. The summed E-state index contributed by atoms with van der Waals surface area (Å²) in [5, 5.41) is 2.45. The van der Waals surface area contributed by atoms with Crippen LogP contribution in [0.15, 0.2) is 35.2 Å². The number of hydrogen-bond acceptors (Lipinski definition) is 2. The average molecular weight is 251 g/mol. The number of nitrogens with one attached hydrogen (secondary N) is 1. The number of carbonyl (C=O) groups excluding carboxylic acids is 1. The molecule has 1 aliphatic heterocycles. The zero-order valence-corrected chi connectivity index (χ0v) is 10.7. The highest BCUT2D eigenvalue weighted by Gasteiger charge is 2.43. The zero-order chi connectivity index (χ0) is 12.3. The van der Waals surface area contributed by atoms with E-state index in [1.165, 1.54) is 0 Å². The maximum absolute atomic E-state index is 12.4. The Labute approximate surface area is 105 Å². The second-order valence-electron chi connectivity index (χ2n) is 4.32. The molecular formula is C13H17NO2S. The Bertz CT molecular complexity index is 382. The molecule has 0 aliphatic carbocycles. The van der Waals surface area contributed by atoms with Crippen LogP contribution in [0.25, 0.3) is 0 Å². The Morgan fingerprint density at radius 2 is 2.12 bits per heavy atom. The summed E-state index contributed by atoms with van der Waals surface area (Å²) < 4.78 is 12.4. The Morgan fingerprint density at radius 3 is 2.76 bits per heavy atom. The van der Waals surface area contributed by atoms with E-state index < -0.39 is 11.2 Å². The standard InChI is InChI=1S/C13H17NO2S/c1-2-6-10-9-14-13(15)12(10)17(16)11-7-4-3-5-8-11/h3-5,7-8,10,12H,2,6,9H2,1H3,(H,14,15). The number of benzene rings is 1. The minimum absolute atomic E-state index is 0.0642. The molecule has 0 aromatic heterocycles. The highest BCUT2D eigenvalue weighted by atomic mass is 32.2. The number of carbonyl (C=O) groups is 1. The molecule has 0 saturated carbocycles. The second-order valence-corrected chi connectivity index (χ2v) is 5.90. The summed E-state index contributed by atoms with van der Waals surface area (Å²) in [6, 6.07) is 9.25. The van der Waals surface area contributed by atoms with Crippen LogP contribution in [0, 0.1) is 5.92 Å². The molecule has 3 atom stereocenters. The number of hydrogen-bond donors (Lipinski definition) is 1. The molecule has 1 N–H and O–H groups in total. The quantitative estimate of drug-likeness (QED) is 0.828.